The second-order valence-electron chi connectivity index (χ2n) is 9.29. The van der Waals surface area contributed by atoms with E-state index in [-0.39, 0.29) is 17.5 Å². The van der Waals surface area contributed by atoms with Crippen LogP contribution in [0.3, 0.4) is 0 Å². The van der Waals surface area contributed by atoms with E-state index >= 15 is 0 Å². The molecule has 27 heavy (non-hydrogen) atoms. The second-order valence-corrected chi connectivity index (χ2v) is 9.29. The zero-order valence-electron chi connectivity index (χ0n) is 17.1. The van der Waals surface area contributed by atoms with Crippen molar-refractivity contribution in [3.05, 3.63) is 23.0 Å². The molecule has 6 nitrogen and oxygen atoms in total. The molecule has 2 unspecified atom stereocenters. The predicted octanol–water partition coefficient (Wildman–Crippen LogP) is 3.10. The largest absolute Gasteiger partial charge is 0.349 e. The maximum atomic E-state index is 13.3. The van der Waals surface area contributed by atoms with Crippen LogP contribution in [0.4, 0.5) is 0 Å². The minimum absolute atomic E-state index is 0.0135. The molecule has 1 saturated carbocycles. The minimum Gasteiger partial charge on any atom is -0.349 e. The van der Waals surface area contributed by atoms with Crippen molar-refractivity contribution in [2.45, 2.75) is 71.4 Å². The van der Waals surface area contributed by atoms with Gasteiger partial charge in [-0.1, -0.05) is 6.92 Å². The van der Waals surface area contributed by atoms with Crippen LogP contribution in [-0.2, 0) is 5.54 Å². The first-order valence-electron chi connectivity index (χ1n) is 10.2. The highest BCUT2D eigenvalue weighted by atomic mass is 16.1. The highest BCUT2D eigenvalue weighted by Crippen LogP contribution is 2.41. The Balaban J connectivity index is 1.79. The predicted molar refractivity (Wildman–Crippen MR) is 107 cm³/mol. The van der Waals surface area contributed by atoms with Crippen molar-refractivity contribution in [2.75, 3.05) is 13.1 Å². The first kappa shape index (κ1) is 18.4. The smallest absolute Gasteiger partial charge is 0.252 e. The van der Waals surface area contributed by atoms with E-state index in [1.165, 1.54) is 0 Å². The third kappa shape index (κ3) is 3.47. The number of pyridine rings is 1. The number of hydrogen-bond acceptors (Lipinski definition) is 4. The first-order chi connectivity index (χ1) is 12.8. The zero-order chi connectivity index (χ0) is 19.3. The number of carbonyl (C=O) groups excluding carboxylic acids is 1. The van der Waals surface area contributed by atoms with Crippen molar-refractivity contribution in [3.63, 3.8) is 0 Å². The Morgan fingerprint density at radius 1 is 1.30 bits per heavy atom. The molecule has 1 aliphatic heterocycles. The second kappa shape index (κ2) is 6.59. The summed E-state index contributed by atoms with van der Waals surface area (Å²) >= 11 is 0. The molecule has 146 valence electrons. The van der Waals surface area contributed by atoms with Gasteiger partial charge in [-0.25, -0.2) is 9.67 Å². The number of aryl methyl sites for hydroxylation is 1. The van der Waals surface area contributed by atoms with Gasteiger partial charge in [0.05, 0.1) is 22.2 Å². The van der Waals surface area contributed by atoms with E-state index < -0.39 is 0 Å². The average molecular weight is 370 g/mol. The molecule has 2 aliphatic rings. The summed E-state index contributed by atoms with van der Waals surface area (Å²) in [4.78, 5) is 18.2. The molecule has 0 aromatic carbocycles. The maximum Gasteiger partial charge on any atom is 0.252 e. The van der Waals surface area contributed by atoms with Crippen LogP contribution in [0.2, 0.25) is 0 Å². The molecule has 1 saturated heterocycles. The molecule has 3 heterocycles. The van der Waals surface area contributed by atoms with Gasteiger partial charge in [0.15, 0.2) is 5.65 Å². The summed E-state index contributed by atoms with van der Waals surface area (Å²) in [5, 5.41) is 12.3. The fourth-order valence-electron chi connectivity index (χ4n) is 4.02. The number of rotatable bonds is 3. The van der Waals surface area contributed by atoms with E-state index in [1.54, 1.807) is 0 Å². The fourth-order valence-corrected chi connectivity index (χ4v) is 4.02. The van der Waals surface area contributed by atoms with Gasteiger partial charge in [0.2, 0.25) is 0 Å². The summed E-state index contributed by atoms with van der Waals surface area (Å²) in [6, 6.07) is 2.23. The van der Waals surface area contributed by atoms with Gasteiger partial charge >= 0.3 is 0 Å². The van der Waals surface area contributed by atoms with Gasteiger partial charge in [-0.15, -0.1) is 0 Å². The highest BCUT2D eigenvalue weighted by Gasteiger charge is 2.31. The number of nitrogens with one attached hydrogen (secondary N) is 2. The molecule has 0 radical (unpaired) electrons. The first-order valence-corrected chi connectivity index (χ1v) is 10.2. The van der Waals surface area contributed by atoms with Gasteiger partial charge in [0.25, 0.3) is 5.91 Å². The lowest BCUT2D eigenvalue weighted by atomic mass is 9.94. The number of nitrogens with zero attached hydrogens (tertiary/aromatic N) is 3. The summed E-state index contributed by atoms with van der Waals surface area (Å²) in [6.45, 7) is 12.5. The Labute approximate surface area is 161 Å². The molecule has 4 rings (SSSR count). The van der Waals surface area contributed by atoms with Crippen molar-refractivity contribution < 1.29 is 4.79 Å². The summed E-state index contributed by atoms with van der Waals surface area (Å²) in [5.41, 5.74) is 3.31. The van der Waals surface area contributed by atoms with Crippen LogP contribution < -0.4 is 10.6 Å². The molecule has 2 aromatic heterocycles. The lowest BCUT2D eigenvalue weighted by molar-refractivity contribution is 0.0915. The van der Waals surface area contributed by atoms with Crippen molar-refractivity contribution in [2.24, 2.45) is 5.92 Å². The van der Waals surface area contributed by atoms with E-state index in [0.717, 1.165) is 60.3 Å². The van der Waals surface area contributed by atoms with Crippen LogP contribution in [0, 0.1) is 12.8 Å². The molecule has 6 heteroatoms. The summed E-state index contributed by atoms with van der Waals surface area (Å²) in [6.07, 6.45) is 3.29. The molecule has 0 spiro atoms. The molecule has 0 bridgehead atoms. The van der Waals surface area contributed by atoms with Crippen molar-refractivity contribution in [1.29, 1.82) is 0 Å². The maximum absolute atomic E-state index is 13.3. The van der Waals surface area contributed by atoms with Gasteiger partial charge in [-0.3, -0.25) is 4.79 Å². The van der Waals surface area contributed by atoms with Crippen LogP contribution in [0.25, 0.3) is 11.0 Å². The van der Waals surface area contributed by atoms with Gasteiger partial charge < -0.3 is 10.6 Å². The summed E-state index contributed by atoms with van der Waals surface area (Å²) < 4.78 is 1.98. The monoisotopic (exact) mass is 369 g/mol. The van der Waals surface area contributed by atoms with Crippen LogP contribution in [0.1, 0.15) is 74.6 Å². The number of hydrogen-bond donors (Lipinski definition) is 2. The zero-order valence-corrected chi connectivity index (χ0v) is 17.1. The Morgan fingerprint density at radius 3 is 2.67 bits per heavy atom. The lowest BCUT2D eigenvalue weighted by Crippen LogP contribution is -2.48. The number of carbonyl (C=O) groups is 1. The average Bonchev–Trinajstić information content (AvgIpc) is 3.39. The topological polar surface area (TPSA) is 71.8 Å². The van der Waals surface area contributed by atoms with Crippen LogP contribution in [0.15, 0.2) is 6.07 Å². The quantitative estimate of drug-likeness (QED) is 0.872. The van der Waals surface area contributed by atoms with E-state index in [0.29, 0.717) is 11.8 Å². The van der Waals surface area contributed by atoms with Crippen LogP contribution in [0.5, 0.6) is 0 Å². The van der Waals surface area contributed by atoms with Crippen LogP contribution in [-0.4, -0.2) is 39.8 Å². The van der Waals surface area contributed by atoms with Gasteiger partial charge in [0.1, 0.15) is 0 Å². The third-order valence-corrected chi connectivity index (χ3v) is 5.81. The molecular formula is C21H31N5O. The molecular weight excluding hydrogens is 338 g/mol. The summed E-state index contributed by atoms with van der Waals surface area (Å²) in [5.74, 6) is 0.934. The molecule has 2 atom stereocenters. The van der Waals surface area contributed by atoms with Gasteiger partial charge in [-0.05, 0) is 72.0 Å². The van der Waals surface area contributed by atoms with Crippen LogP contribution >= 0.6 is 0 Å². The Kier molecular flexibility index (Phi) is 4.49. The lowest BCUT2D eigenvalue weighted by Gasteiger charge is -2.30. The Morgan fingerprint density at radius 2 is 2.04 bits per heavy atom. The van der Waals surface area contributed by atoms with Crippen molar-refractivity contribution in [1.82, 2.24) is 25.4 Å². The molecule has 2 fully saturated rings. The number of amides is 1. The van der Waals surface area contributed by atoms with E-state index in [2.05, 4.69) is 38.3 Å². The fraction of sp³-hybridized carbons (Fsp3) is 0.667. The number of piperidine rings is 1. The summed E-state index contributed by atoms with van der Waals surface area (Å²) in [7, 11) is 0. The molecule has 1 amide bonds. The van der Waals surface area contributed by atoms with E-state index in [9.17, 15) is 4.79 Å². The highest BCUT2D eigenvalue weighted by molar-refractivity contribution is 6.06. The Bertz CT molecular complexity index is 875. The van der Waals surface area contributed by atoms with E-state index in [4.69, 9.17) is 10.1 Å². The normalized spacial score (nSPS) is 23.6. The van der Waals surface area contributed by atoms with Gasteiger partial charge in [-0.2, -0.15) is 5.10 Å². The third-order valence-electron chi connectivity index (χ3n) is 5.81. The Hall–Kier alpha value is -1.95. The molecule has 1 aliphatic carbocycles. The van der Waals surface area contributed by atoms with Crippen molar-refractivity contribution in [3.8, 4) is 0 Å². The minimum atomic E-state index is -0.182. The standard InChI is InChI=1S/C21H31N5O/c1-12-11-22-9-8-16(12)24-20(27)15-10-17(14-6-7-14)23-19-18(15)13(2)25-26(19)21(3,4)5/h10,12,14,16,22H,6-9,11H2,1-5H3,(H,24,27). The van der Waals surface area contributed by atoms with Gasteiger partial charge in [0, 0.05) is 17.7 Å². The number of aromatic nitrogens is 3. The van der Waals surface area contributed by atoms with Crippen molar-refractivity contribution >= 4 is 16.9 Å². The number of fused-ring (bicyclic) bond motifs is 1. The molecule has 2 aromatic rings. The SMILES string of the molecule is Cc1nn(C(C)(C)C)c2nc(C3CC3)cc(C(=O)NC3CCNCC3C)c12. The molecule has 2 N–H and O–H groups in total. The van der Waals surface area contributed by atoms with E-state index in [1.807, 2.05) is 17.7 Å².